The van der Waals surface area contributed by atoms with Gasteiger partial charge in [-0.1, -0.05) is 12.1 Å². The van der Waals surface area contributed by atoms with Gasteiger partial charge in [0.1, 0.15) is 0 Å². The van der Waals surface area contributed by atoms with Gasteiger partial charge in [-0.3, -0.25) is 0 Å². The first-order valence-corrected chi connectivity index (χ1v) is 9.03. The smallest absolute Gasteiger partial charge is 0.317 e. The second kappa shape index (κ2) is 8.85. The maximum Gasteiger partial charge on any atom is 0.317 e. The van der Waals surface area contributed by atoms with Crippen LogP contribution in [0.5, 0.6) is 0 Å². The summed E-state index contributed by atoms with van der Waals surface area (Å²) in [5, 5.41) is 7.89. The van der Waals surface area contributed by atoms with E-state index in [0.717, 1.165) is 12.0 Å². The largest absolute Gasteiger partial charge is 0.382 e. The topological polar surface area (TPSA) is 102 Å². The fourth-order valence-corrected chi connectivity index (χ4v) is 2.49. The van der Waals surface area contributed by atoms with Crippen molar-refractivity contribution >= 4 is 16.1 Å². The van der Waals surface area contributed by atoms with Crippen molar-refractivity contribution in [2.24, 2.45) is 5.14 Å². The van der Waals surface area contributed by atoms with Gasteiger partial charge in [-0.25, -0.2) is 18.4 Å². The van der Waals surface area contributed by atoms with E-state index in [-0.39, 0.29) is 17.0 Å². The van der Waals surface area contributed by atoms with Gasteiger partial charge in [0.2, 0.25) is 10.0 Å². The number of amides is 2. The minimum atomic E-state index is -3.71. The molecule has 0 heterocycles. The van der Waals surface area contributed by atoms with Gasteiger partial charge in [0, 0.05) is 26.8 Å². The summed E-state index contributed by atoms with van der Waals surface area (Å²) in [6, 6.07) is 5.80. The number of urea groups is 1. The number of nitrogens with two attached hydrogens (primary N) is 1. The van der Waals surface area contributed by atoms with Gasteiger partial charge in [0.05, 0.1) is 10.9 Å². The number of benzene rings is 1. The predicted octanol–water partition coefficient (Wildman–Crippen LogP) is 1.46. The van der Waals surface area contributed by atoms with Crippen molar-refractivity contribution in [1.82, 2.24) is 10.2 Å². The monoisotopic (exact) mass is 343 g/mol. The number of hydrogen-bond acceptors (Lipinski definition) is 4. The Hall–Kier alpha value is -1.64. The fraction of sp³-hybridized carbons (Fsp3) is 0.533. The molecule has 8 heteroatoms. The summed E-state index contributed by atoms with van der Waals surface area (Å²) in [5.41, 5.74) is 0.823. The molecule has 0 spiro atoms. The predicted molar refractivity (Wildman–Crippen MR) is 88.5 cm³/mol. The number of nitrogens with one attached hydrogen (secondary N) is 1. The highest BCUT2D eigenvalue weighted by Gasteiger charge is 2.17. The maximum atomic E-state index is 12.1. The molecule has 0 aliphatic rings. The lowest BCUT2D eigenvalue weighted by Gasteiger charge is -2.25. The van der Waals surface area contributed by atoms with E-state index >= 15 is 0 Å². The molecule has 1 rings (SSSR count). The molecule has 0 radical (unpaired) electrons. The summed E-state index contributed by atoms with van der Waals surface area (Å²) in [6.45, 7) is 5.62. The number of carbonyl (C=O) groups is 1. The molecule has 2 amide bonds. The van der Waals surface area contributed by atoms with Crippen molar-refractivity contribution < 1.29 is 17.9 Å². The van der Waals surface area contributed by atoms with E-state index in [9.17, 15) is 13.2 Å². The van der Waals surface area contributed by atoms with Crippen LogP contribution >= 0.6 is 0 Å². The van der Waals surface area contributed by atoms with E-state index in [1.807, 2.05) is 13.8 Å². The molecule has 1 unspecified atom stereocenters. The van der Waals surface area contributed by atoms with Crippen molar-refractivity contribution in [1.29, 1.82) is 0 Å². The highest BCUT2D eigenvalue weighted by atomic mass is 32.2. The van der Waals surface area contributed by atoms with Gasteiger partial charge in [-0.2, -0.15) is 0 Å². The minimum absolute atomic E-state index is 0.0523. The van der Waals surface area contributed by atoms with Crippen LogP contribution in [0.2, 0.25) is 0 Å². The van der Waals surface area contributed by atoms with Crippen molar-refractivity contribution in [2.75, 3.05) is 26.8 Å². The molecule has 130 valence electrons. The molecule has 0 saturated heterocycles. The number of rotatable bonds is 8. The van der Waals surface area contributed by atoms with Crippen molar-refractivity contribution in [3.8, 4) is 0 Å². The molecule has 23 heavy (non-hydrogen) atoms. The van der Waals surface area contributed by atoms with Crippen LogP contribution < -0.4 is 10.5 Å². The second-order valence-corrected chi connectivity index (χ2v) is 6.74. The molecule has 0 fully saturated rings. The second-order valence-electron chi connectivity index (χ2n) is 5.18. The number of sulfonamides is 1. The van der Waals surface area contributed by atoms with E-state index < -0.39 is 10.0 Å². The van der Waals surface area contributed by atoms with Gasteiger partial charge in [-0.05, 0) is 38.0 Å². The van der Waals surface area contributed by atoms with Gasteiger partial charge < -0.3 is 15.0 Å². The Morgan fingerprint density at radius 1 is 1.35 bits per heavy atom. The number of primary sulfonamides is 1. The lowest BCUT2D eigenvalue weighted by Crippen LogP contribution is -2.39. The van der Waals surface area contributed by atoms with Crippen molar-refractivity contribution in [3.05, 3.63) is 29.8 Å². The number of nitrogens with zero attached hydrogens (tertiary/aromatic N) is 1. The molecule has 0 aromatic heterocycles. The minimum Gasteiger partial charge on any atom is -0.382 e. The summed E-state index contributed by atoms with van der Waals surface area (Å²) in [6.07, 6.45) is 0.755. The molecular weight excluding hydrogens is 318 g/mol. The molecule has 0 saturated carbocycles. The molecule has 1 aromatic carbocycles. The molecule has 0 aliphatic heterocycles. The molecule has 0 bridgehead atoms. The Morgan fingerprint density at radius 2 is 1.96 bits per heavy atom. The molecule has 1 aromatic rings. The first kappa shape index (κ1) is 19.4. The lowest BCUT2D eigenvalue weighted by molar-refractivity contribution is 0.143. The molecule has 1 atom stereocenters. The first-order chi connectivity index (χ1) is 10.8. The van der Waals surface area contributed by atoms with Crippen LogP contribution in [-0.2, 0) is 14.8 Å². The highest BCUT2D eigenvalue weighted by molar-refractivity contribution is 7.89. The van der Waals surface area contributed by atoms with E-state index in [4.69, 9.17) is 9.88 Å². The zero-order valence-corrected chi connectivity index (χ0v) is 14.6. The zero-order valence-electron chi connectivity index (χ0n) is 13.8. The van der Waals surface area contributed by atoms with Gasteiger partial charge in [-0.15, -0.1) is 0 Å². The Labute approximate surface area is 137 Å². The molecule has 7 nitrogen and oxygen atoms in total. The van der Waals surface area contributed by atoms with Crippen LogP contribution in [0, 0.1) is 0 Å². The van der Waals surface area contributed by atoms with Crippen molar-refractivity contribution in [2.45, 2.75) is 31.2 Å². The Morgan fingerprint density at radius 3 is 2.48 bits per heavy atom. The highest BCUT2D eigenvalue weighted by Crippen LogP contribution is 2.20. The zero-order chi connectivity index (χ0) is 17.5. The third-order valence-electron chi connectivity index (χ3n) is 3.54. The van der Waals surface area contributed by atoms with Gasteiger partial charge in [0.15, 0.2) is 0 Å². The normalized spacial score (nSPS) is 12.7. The summed E-state index contributed by atoms with van der Waals surface area (Å²) in [7, 11) is -2.02. The van der Waals surface area contributed by atoms with Crippen LogP contribution in [0.25, 0.3) is 0 Å². The number of carbonyl (C=O) groups excluding carboxylic acids is 1. The number of hydrogen-bond donors (Lipinski definition) is 2. The third kappa shape index (κ3) is 6.17. The summed E-state index contributed by atoms with van der Waals surface area (Å²) in [5.74, 6) is 0. The molecular formula is C15H25N3O4S. The average Bonchev–Trinajstić information content (AvgIpc) is 2.52. The lowest BCUT2D eigenvalue weighted by atomic mass is 10.1. The molecule has 3 N–H and O–H groups in total. The summed E-state index contributed by atoms with van der Waals surface area (Å²) < 4.78 is 27.7. The number of ether oxygens (including phenoxy) is 1. The van der Waals surface area contributed by atoms with Gasteiger partial charge >= 0.3 is 6.03 Å². The quantitative estimate of drug-likeness (QED) is 0.698. The standard InChI is InChI=1S/C15H25N3O4S/c1-4-22-11-5-10-17-15(19)18(3)12(2)13-6-8-14(9-7-13)23(16,20)21/h6-9,12H,4-5,10-11H2,1-3H3,(H,17,19)(H2,16,20,21). The summed E-state index contributed by atoms with van der Waals surface area (Å²) >= 11 is 0. The van der Waals surface area contributed by atoms with E-state index in [1.165, 1.54) is 12.1 Å². The van der Waals surface area contributed by atoms with Crippen molar-refractivity contribution in [3.63, 3.8) is 0 Å². The van der Waals surface area contributed by atoms with Crippen LogP contribution in [0.15, 0.2) is 29.2 Å². The van der Waals surface area contributed by atoms with Crippen LogP contribution in [0.1, 0.15) is 31.9 Å². The maximum absolute atomic E-state index is 12.1. The third-order valence-corrected chi connectivity index (χ3v) is 4.47. The van der Waals surface area contributed by atoms with Crippen LogP contribution in [0.3, 0.4) is 0 Å². The van der Waals surface area contributed by atoms with Crippen LogP contribution in [0.4, 0.5) is 4.79 Å². The average molecular weight is 343 g/mol. The Balaban J connectivity index is 2.58. The van der Waals surface area contributed by atoms with E-state index in [0.29, 0.717) is 19.8 Å². The summed E-state index contributed by atoms with van der Waals surface area (Å²) in [4.78, 5) is 13.7. The van der Waals surface area contributed by atoms with E-state index in [2.05, 4.69) is 5.32 Å². The fourth-order valence-electron chi connectivity index (χ4n) is 1.97. The van der Waals surface area contributed by atoms with Crippen LogP contribution in [-0.4, -0.2) is 46.2 Å². The SMILES string of the molecule is CCOCCCNC(=O)N(C)C(C)c1ccc(S(N)(=O)=O)cc1. The first-order valence-electron chi connectivity index (χ1n) is 7.48. The van der Waals surface area contributed by atoms with Gasteiger partial charge in [0.25, 0.3) is 0 Å². The Kier molecular flexibility index (Phi) is 7.47. The Bertz CT molecular complexity index is 602. The van der Waals surface area contributed by atoms with E-state index in [1.54, 1.807) is 24.1 Å². The molecule has 0 aliphatic carbocycles.